The van der Waals surface area contributed by atoms with Crippen molar-refractivity contribution in [2.75, 3.05) is 6.61 Å². The van der Waals surface area contributed by atoms with Gasteiger partial charge in [-0.25, -0.2) is 9.59 Å². The van der Waals surface area contributed by atoms with Gasteiger partial charge < -0.3 is 9.47 Å². The summed E-state index contributed by atoms with van der Waals surface area (Å²) in [5.41, 5.74) is 2.03. The van der Waals surface area contributed by atoms with Crippen molar-refractivity contribution in [1.82, 2.24) is 0 Å². The van der Waals surface area contributed by atoms with Crippen LogP contribution in [-0.2, 0) is 19.1 Å². The largest absolute Gasteiger partial charge is 0.462 e. The van der Waals surface area contributed by atoms with E-state index in [1.807, 2.05) is 25.2 Å². The van der Waals surface area contributed by atoms with Crippen molar-refractivity contribution in [3.8, 4) is 0 Å². The Labute approximate surface area is 146 Å². The highest BCUT2D eigenvalue weighted by Gasteiger charge is 2.55. The van der Waals surface area contributed by atoms with Gasteiger partial charge in [0.25, 0.3) is 0 Å². The van der Waals surface area contributed by atoms with Crippen molar-refractivity contribution in [3.05, 3.63) is 70.8 Å². The summed E-state index contributed by atoms with van der Waals surface area (Å²) in [5, 5.41) is 0. The van der Waals surface area contributed by atoms with Crippen LogP contribution in [0, 0.1) is 12.8 Å². The molecule has 0 amide bonds. The fourth-order valence-corrected chi connectivity index (χ4v) is 4.01. The van der Waals surface area contributed by atoms with Crippen molar-refractivity contribution >= 4 is 11.9 Å². The van der Waals surface area contributed by atoms with Crippen LogP contribution >= 0.6 is 0 Å². The molecule has 1 aromatic rings. The smallest absolute Gasteiger partial charge is 0.347 e. The molecule has 1 spiro atoms. The van der Waals surface area contributed by atoms with E-state index in [1.54, 1.807) is 6.92 Å². The van der Waals surface area contributed by atoms with Gasteiger partial charge in [-0.2, -0.15) is 0 Å². The maximum Gasteiger partial charge on any atom is 0.347 e. The molecule has 1 aliphatic heterocycles. The number of allylic oxidation sites excluding steroid dienone is 2. The first-order valence-electron chi connectivity index (χ1n) is 8.64. The van der Waals surface area contributed by atoms with E-state index in [2.05, 4.69) is 30.3 Å². The number of aryl methyl sites for hydroxylation is 1. The predicted molar refractivity (Wildman–Crippen MR) is 92.8 cm³/mol. The number of hydrogen-bond donors (Lipinski definition) is 0. The molecule has 0 aromatic heterocycles. The predicted octanol–water partition coefficient (Wildman–Crippen LogP) is 3.38. The number of fused-ring (bicyclic) bond motifs is 1. The number of carbonyl (C=O) groups is 2. The lowest BCUT2D eigenvalue weighted by Crippen LogP contribution is -2.39. The summed E-state index contributed by atoms with van der Waals surface area (Å²) in [6.45, 7) is 3.99. The molecule has 5 rings (SSSR count). The van der Waals surface area contributed by atoms with Crippen LogP contribution in [0.5, 0.6) is 0 Å². The van der Waals surface area contributed by atoms with E-state index in [4.69, 9.17) is 9.47 Å². The van der Waals surface area contributed by atoms with Crippen molar-refractivity contribution in [2.45, 2.75) is 31.8 Å². The zero-order valence-electron chi connectivity index (χ0n) is 14.3. The van der Waals surface area contributed by atoms with Gasteiger partial charge in [0, 0.05) is 11.5 Å². The second kappa shape index (κ2) is 5.73. The summed E-state index contributed by atoms with van der Waals surface area (Å²) < 4.78 is 10.9. The van der Waals surface area contributed by atoms with Gasteiger partial charge in [-0.05, 0) is 37.8 Å². The fourth-order valence-electron chi connectivity index (χ4n) is 4.01. The number of rotatable bonds is 3. The molecule has 1 aromatic carbocycles. The van der Waals surface area contributed by atoms with Gasteiger partial charge in [0.2, 0.25) is 0 Å². The van der Waals surface area contributed by atoms with Crippen molar-refractivity contribution < 1.29 is 19.1 Å². The van der Waals surface area contributed by atoms with Gasteiger partial charge in [-0.1, -0.05) is 48.1 Å². The lowest BCUT2D eigenvalue weighted by atomic mass is 9.71. The first-order chi connectivity index (χ1) is 12.0. The lowest BCUT2D eigenvalue weighted by molar-refractivity contribution is -0.149. The minimum Gasteiger partial charge on any atom is -0.462 e. The topological polar surface area (TPSA) is 52.6 Å². The van der Waals surface area contributed by atoms with E-state index >= 15 is 0 Å². The third kappa shape index (κ3) is 2.36. The molecule has 1 heterocycles. The standard InChI is InChI=1S/C21H20O4/c1-3-24-19(22)18-16-9-6-14-10-11-21(16,25-20(18)23)17(12-14)15-7-4-13(2)5-8-15/h4-11,14,17H,3,12H2,1-2H3/t14-,17-,21+/m0/s1. The monoisotopic (exact) mass is 336 g/mol. The summed E-state index contributed by atoms with van der Waals surface area (Å²) in [6.07, 6.45) is 8.77. The Morgan fingerprint density at radius 1 is 1.28 bits per heavy atom. The first kappa shape index (κ1) is 15.9. The van der Waals surface area contributed by atoms with Crippen LogP contribution in [0.15, 0.2) is 59.7 Å². The zero-order valence-corrected chi connectivity index (χ0v) is 14.3. The second-order valence-corrected chi connectivity index (χ2v) is 6.77. The van der Waals surface area contributed by atoms with Crippen LogP contribution in [0.4, 0.5) is 0 Å². The molecule has 0 radical (unpaired) electrons. The van der Waals surface area contributed by atoms with E-state index in [-0.39, 0.29) is 24.0 Å². The van der Waals surface area contributed by atoms with Crippen LogP contribution in [-0.4, -0.2) is 24.1 Å². The quantitative estimate of drug-likeness (QED) is 0.482. The average Bonchev–Trinajstić information content (AvgIpc) is 2.71. The van der Waals surface area contributed by atoms with Crippen LogP contribution < -0.4 is 0 Å². The third-order valence-corrected chi connectivity index (χ3v) is 5.24. The third-order valence-electron chi connectivity index (χ3n) is 5.24. The molecule has 0 saturated heterocycles. The molecule has 0 N–H and O–H groups in total. The Balaban J connectivity index is 1.87. The molecular weight excluding hydrogens is 316 g/mol. The molecule has 25 heavy (non-hydrogen) atoms. The minimum atomic E-state index is -0.919. The van der Waals surface area contributed by atoms with Gasteiger partial charge in [0.05, 0.1) is 6.61 Å². The van der Waals surface area contributed by atoms with Gasteiger partial charge in [0.1, 0.15) is 0 Å². The maximum absolute atomic E-state index is 12.5. The van der Waals surface area contributed by atoms with Crippen LogP contribution in [0.1, 0.15) is 30.4 Å². The fraction of sp³-hybridized carbons (Fsp3) is 0.333. The number of hydrogen-bond acceptors (Lipinski definition) is 4. The lowest BCUT2D eigenvalue weighted by Gasteiger charge is -2.38. The minimum absolute atomic E-state index is 0.0241. The van der Waals surface area contributed by atoms with Gasteiger partial charge >= 0.3 is 11.9 Å². The highest BCUT2D eigenvalue weighted by atomic mass is 16.6. The highest BCUT2D eigenvalue weighted by Crippen LogP contribution is 2.53. The molecule has 4 nitrogen and oxygen atoms in total. The number of esters is 2. The van der Waals surface area contributed by atoms with Crippen LogP contribution in [0.2, 0.25) is 0 Å². The molecule has 0 fully saturated rings. The first-order valence-corrected chi connectivity index (χ1v) is 8.64. The number of benzene rings is 1. The van der Waals surface area contributed by atoms with Crippen LogP contribution in [0.3, 0.4) is 0 Å². The molecule has 4 aliphatic rings. The summed E-state index contributed by atoms with van der Waals surface area (Å²) in [4.78, 5) is 24.9. The maximum atomic E-state index is 12.5. The van der Waals surface area contributed by atoms with Crippen molar-refractivity contribution in [2.24, 2.45) is 5.92 Å². The average molecular weight is 336 g/mol. The summed E-state index contributed by atoms with van der Waals surface area (Å²) in [5.74, 6) is -0.966. The van der Waals surface area contributed by atoms with Gasteiger partial charge in [0.15, 0.2) is 11.2 Å². The summed E-state index contributed by atoms with van der Waals surface area (Å²) in [6, 6.07) is 8.29. The molecule has 2 bridgehead atoms. The van der Waals surface area contributed by atoms with E-state index in [1.165, 1.54) is 5.56 Å². The Kier molecular flexibility index (Phi) is 3.64. The van der Waals surface area contributed by atoms with Gasteiger partial charge in [-0.15, -0.1) is 0 Å². The SMILES string of the molecule is CCOC(=O)C1=C2C=C[C@H]3C=C[C@]2(OC1=O)[C@H](c1ccc(C)cc1)C3. The molecule has 128 valence electrons. The Morgan fingerprint density at radius 2 is 2.04 bits per heavy atom. The van der Waals surface area contributed by atoms with E-state index in [0.717, 1.165) is 12.0 Å². The van der Waals surface area contributed by atoms with Crippen molar-refractivity contribution in [1.29, 1.82) is 0 Å². The van der Waals surface area contributed by atoms with E-state index in [9.17, 15) is 9.59 Å². The molecule has 0 unspecified atom stereocenters. The van der Waals surface area contributed by atoms with Crippen LogP contribution in [0.25, 0.3) is 0 Å². The van der Waals surface area contributed by atoms with Crippen molar-refractivity contribution in [3.63, 3.8) is 0 Å². The van der Waals surface area contributed by atoms with E-state index < -0.39 is 17.5 Å². The van der Waals surface area contributed by atoms with E-state index in [0.29, 0.717) is 5.57 Å². The number of ether oxygens (including phenoxy) is 2. The summed E-state index contributed by atoms with van der Waals surface area (Å²) in [7, 11) is 0. The number of carbonyl (C=O) groups excluding carboxylic acids is 2. The second-order valence-electron chi connectivity index (χ2n) is 6.77. The summed E-state index contributed by atoms with van der Waals surface area (Å²) >= 11 is 0. The zero-order chi connectivity index (χ0) is 17.6. The normalized spacial score (nSPS) is 29.4. The van der Waals surface area contributed by atoms with Gasteiger partial charge in [-0.3, -0.25) is 0 Å². The Hall–Kier alpha value is -2.62. The highest BCUT2D eigenvalue weighted by molar-refractivity contribution is 6.17. The molecular formula is C21H20O4. The molecule has 4 heteroatoms. The molecule has 3 atom stereocenters. The molecule has 0 saturated carbocycles. The Bertz CT molecular complexity index is 828. The Morgan fingerprint density at radius 3 is 2.76 bits per heavy atom. The molecule has 3 aliphatic carbocycles.